The molecule has 4 nitrogen and oxygen atoms in total. The average molecular weight is 185 g/mol. The van der Waals surface area contributed by atoms with Gasteiger partial charge in [0.25, 0.3) is 0 Å². The molecule has 68 valence electrons. The van der Waals surface area contributed by atoms with Gasteiger partial charge in [-0.1, -0.05) is 5.92 Å². The molecule has 0 unspecified atom stereocenters. The number of aromatic nitrogens is 1. The van der Waals surface area contributed by atoms with Crippen molar-refractivity contribution in [2.45, 2.75) is 6.42 Å². The summed E-state index contributed by atoms with van der Waals surface area (Å²) < 4.78 is 0. The van der Waals surface area contributed by atoms with Crippen LogP contribution < -0.4 is 5.73 Å². The third-order valence-electron chi connectivity index (χ3n) is 1.40. The Hall–Kier alpha value is -2.33. The Balaban J connectivity index is 2.90. The van der Waals surface area contributed by atoms with Crippen molar-refractivity contribution in [1.29, 1.82) is 5.26 Å². The summed E-state index contributed by atoms with van der Waals surface area (Å²) in [6.07, 6.45) is 1.51. The van der Waals surface area contributed by atoms with E-state index in [1.807, 2.05) is 6.07 Å². The zero-order valence-electron chi connectivity index (χ0n) is 7.32. The highest BCUT2D eigenvalue weighted by atomic mass is 16.1. The minimum absolute atomic E-state index is 0.0263. The Morgan fingerprint density at radius 3 is 3.07 bits per heavy atom. The number of pyridine rings is 1. The second-order valence-corrected chi connectivity index (χ2v) is 2.46. The smallest absolute Gasteiger partial charge is 0.229 e. The summed E-state index contributed by atoms with van der Waals surface area (Å²) in [6.45, 7) is 0. The molecule has 0 fully saturated rings. The van der Waals surface area contributed by atoms with Crippen LogP contribution in [-0.4, -0.2) is 10.9 Å². The van der Waals surface area contributed by atoms with Gasteiger partial charge in [-0.25, -0.2) is 4.98 Å². The van der Waals surface area contributed by atoms with E-state index in [9.17, 15) is 4.79 Å². The van der Waals surface area contributed by atoms with Crippen molar-refractivity contribution >= 4 is 5.91 Å². The normalized spacial score (nSPS) is 8.21. The summed E-state index contributed by atoms with van der Waals surface area (Å²) >= 11 is 0. The van der Waals surface area contributed by atoms with Crippen LogP contribution in [0.2, 0.25) is 0 Å². The van der Waals surface area contributed by atoms with Gasteiger partial charge in [0.1, 0.15) is 11.8 Å². The van der Waals surface area contributed by atoms with Crippen LogP contribution in [0.1, 0.15) is 17.7 Å². The molecule has 1 amide bonds. The molecule has 1 heterocycles. The molecule has 0 aliphatic carbocycles. The predicted molar refractivity (Wildman–Crippen MR) is 49.6 cm³/mol. The molecule has 14 heavy (non-hydrogen) atoms. The first-order chi connectivity index (χ1) is 6.74. The van der Waals surface area contributed by atoms with E-state index in [0.29, 0.717) is 11.3 Å². The zero-order chi connectivity index (χ0) is 10.4. The number of carbonyl (C=O) groups excluding carboxylic acids is 1. The lowest BCUT2D eigenvalue weighted by Gasteiger charge is -1.90. The third kappa shape index (κ3) is 2.62. The van der Waals surface area contributed by atoms with Crippen molar-refractivity contribution in [1.82, 2.24) is 4.98 Å². The molecule has 4 heteroatoms. The van der Waals surface area contributed by atoms with Gasteiger partial charge in [0.05, 0.1) is 12.0 Å². The highest BCUT2D eigenvalue weighted by Crippen LogP contribution is 2.00. The standard InChI is InChI=1S/C10H7N3O/c11-7-8-3-2-6-13-9(8)4-1-5-10(12)14/h2-3,6H,5H2,(H2,12,14). The lowest BCUT2D eigenvalue weighted by molar-refractivity contribution is -0.117. The van der Waals surface area contributed by atoms with Crippen LogP contribution in [0.3, 0.4) is 0 Å². The van der Waals surface area contributed by atoms with Crippen molar-refractivity contribution < 1.29 is 4.79 Å². The number of hydrogen-bond acceptors (Lipinski definition) is 3. The second kappa shape index (κ2) is 4.64. The topological polar surface area (TPSA) is 79.8 Å². The van der Waals surface area contributed by atoms with E-state index in [1.54, 1.807) is 12.1 Å². The van der Waals surface area contributed by atoms with E-state index in [2.05, 4.69) is 16.8 Å². The minimum Gasteiger partial charge on any atom is -0.369 e. The maximum atomic E-state index is 10.4. The molecular weight excluding hydrogens is 178 g/mol. The summed E-state index contributed by atoms with van der Waals surface area (Å²) in [7, 11) is 0. The van der Waals surface area contributed by atoms with Crippen LogP contribution in [0.25, 0.3) is 0 Å². The van der Waals surface area contributed by atoms with Crippen LogP contribution in [0, 0.1) is 23.2 Å². The molecule has 0 saturated heterocycles. The van der Waals surface area contributed by atoms with Gasteiger partial charge in [0.15, 0.2) is 0 Å². The summed E-state index contributed by atoms with van der Waals surface area (Å²) in [6, 6.07) is 5.22. The summed E-state index contributed by atoms with van der Waals surface area (Å²) in [5.41, 5.74) is 5.66. The van der Waals surface area contributed by atoms with Gasteiger partial charge in [0, 0.05) is 6.20 Å². The number of nitrogens with two attached hydrogens (primary N) is 1. The Labute approximate surface area is 81.4 Å². The summed E-state index contributed by atoms with van der Waals surface area (Å²) in [4.78, 5) is 14.3. The molecule has 1 aromatic heterocycles. The maximum Gasteiger partial charge on any atom is 0.229 e. The van der Waals surface area contributed by atoms with Crippen molar-refractivity contribution in [3.8, 4) is 17.9 Å². The Kier molecular flexibility index (Phi) is 3.23. The van der Waals surface area contributed by atoms with Gasteiger partial charge in [-0.3, -0.25) is 4.79 Å². The van der Waals surface area contributed by atoms with Crippen LogP contribution in [0.5, 0.6) is 0 Å². The van der Waals surface area contributed by atoms with Gasteiger partial charge >= 0.3 is 0 Å². The molecule has 1 aromatic rings. The molecule has 0 aliphatic heterocycles. The largest absolute Gasteiger partial charge is 0.369 e. The Morgan fingerprint density at radius 1 is 1.64 bits per heavy atom. The van der Waals surface area contributed by atoms with Crippen LogP contribution in [0.4, 0.5) is 0 Å². The monoisotopic (exact) mass is 185 g/mol. The lowest BCUT2D eigenvalue weighted by atomic mass is 10.2. The molecule has 1 rings (SSSR count). The van der Waals surface area contributed by atoms with E-state index in [1.165, 1.54) is 6.20 Å². The van der Waals surface area contributed by atoms with Crippen LogP contribution in [0.15, 0.2) is 18.3 Å². The fourth-order valence-electron chi connectivity index (χ4n) is 0.810. The first-order valence-electron chi connectivity index (χ1n) is 3.86. The van der Waals surface area contributed by atoms with Gasteiger partial charge in [-0.15, -0.1) is 0 Å². The second-order valence-electron chi connectivity index (χ2n) is 2.46. The van der Waals surface area contributed by atoms with E-state index in [0.717, 1.165) is 0 Å². The summed E-state index contributed by atoms with van der Waals surface area (Å²) in [5.74, 6) is 4.66. The minimum atomic E-state index is -0.494. The highest BCUT2D eigenvalue weighted by Gasteiger charge is 1.97. The van der Waals surface area contributed by atoms with Gasteiger partial charge in [0.2, 0.25) is 5.91 Å². The lowest BCUT2D eigenvalue weighted by Crippen LogP contribution is -2.08. The molecule has 0 saturated carbocycles. The SMILES string of the molecule is N#Cc1cccnc1C#CCC(N)=O. The molecule has 0 bridgehead atoms. The van der Waals surface area contributed by atoms with E-state index >= 15 is 0 Å². The zero-order valence-corrected chi connectivity index (χ0v) is 7.32. The number of rotatable bonds is 1. The first-order valence-corrected chi connectivity index (χ1v) is 3.86. The maximum absolute atomic E-state index is 10.4. The highest BCUT2D eigenvalue weighted by molar-refractivity contribution is 5.76. The van der Waals surface area contributed by atoms with Gasteiger partial charge < -0.3 is 5.73 Å². The number of amides is 1. The third-order valence-corrected chi connectivity index (χ3v) is 1.40. The Morgan fingerprint density at radius 2 is 2.43 bits per heavy atom. The number of primary amides is 1. The number of nitriles is 1. The molecule has 0 aromatic carbocycles. The molecule has 0 atom stereocenters. The van der Waals surface area contributed by atoms with Crippen LogP contribution >= 0.6 is 0 Å². The molecule has 0 spiro atoms. The van der Waals surface area contributed by atoms with Gasteiger partial charge in [-0.05, 0) is 18.1 Å². The summed E-state index contributed by atoms with van der Waals surface area (Å²) in [5, 5.41) is 8.68. The fraction of sp³-hybridized carbons (Fsp3) is 0.100. The van der Waals surface area contributed by atoms with Crippen molar-refractivity contribution in [3.05, 3.63) is 29.6 Å². The number of nitrogens with zero attached hydrogens (tertiary/aromatic N) is 2. The van der Waals surface area contributed by atoms with E-state index in [-0.39, 0.29) is 6.42 Å². The molecular formula is C10H7N3O. The average Bonchev–Trinajstić information content (AvgIpc) is 2.18. The van der Waals surface area contributed by atoms with Crippen LogP contribution in [-0.2, 0) is 4.79 Å². The number of carbonyl (C=O) groups is 1. The number of hydrogen-bond donors (Lipinski definition) is 1. The van der Waals surface area contributed by atoms with Gasteiger partial charge in [-0.2, -0.15) is 5.26 Å². The molecule has 2 N–H and O–H groups in total. The quantitative estimate of drug-likeness (QED) is 0.634. The Bertz CT molecular complexity index is 448. The van der Waals surface area contributed by atoms with E-state index < -0.39 is 5.91 Å². The first kappa shape index (κ1) is 9.76. The molecule has 0 radical (unpaired) electrons. The van der Waals surface area contributed by atoms with Crippen molar-refractivity contribution in [2.24, 2.45) is 5.73 Å². The predicted octanol–water partition coefficient (Wildman–Crippen LogP) is 0.180. The fourth-order valence-corrected chi connectivity index (χ4v) is 0.810. The van der Waals surface area contributed by atoms with Crippen molar-refractivity contribution in [2.75, 3.05) is 0 Å². The molecule has 0 aliphatic rings. The van der Waals surface area contributed by atoms with Crippen molar-refractivity contribution in [3.63, 3.8) is 0 Å². The van der Waals surface area contributed by atoms with E-state index in [4.69, 9.17) is 11.0 Å².